The molecule has 0 spiro atoms. The SMILES string of the molecule is CCCC1CCC(NS(=O)(=O)CCCC(=O)O)CC1. The average Bonchev–Trinajstić information content (AvgIpc) is 2.31. The first-order chi connectivity index (χ1) is 8.93. The van der Waals surface area contributed by atoms with Gasteiger partial charge in [-0.2, -0.15) is 0 Å². The van der Waals surface area contributed by atoms with Crippen LogP contribution in [-0.2, 0) is 14.8 Å². The molecule has 0 heterocycles. The summed E-state index contributed by atoms with van der Waals surface area (Å²) in [6.45, 7) is 2.18. The van der Waals surface area contributed by atoms with Crippen LogP contribution in [0.1, 0.15) is 58.3 Å². The maximum atomic E-state index is 11.8. The van der Waals surface area contributed by atoms with Crippen LogP contribution in [0.4, 0.5) is 0 Å². The molecule has 1 aliphatic rings. The van der Waals surface area contributed by atoms with Crippen LogP contribution in [0.2, 0.25) is 0 Å². The number of carboxylic acids is 1. The molecule has 112 valence electrons. The average molecular weight is 291 g/mol. The number of rotatable bonds is 8. The second-order valence-electron chi connectivity index (χ2n) is 5.44. The van der Waals surface area contributed by atoms with Gasteiger partial charge in [0.2, 0.25) is 10.0 Å². The van der Waals surface area contributed by atoms with E-state index < -0.39 is 16.0 Å². The molecule has 0 amide bonds. The molecule has 0 aromatic rings. The third-order valence-electron chi connectivity index (χ3n) is 3.69. The molecule has 0 bridgehead atoms. The second-order valence-corrected chi connectivity index (χ2v) is 7.31. The van der Waals surface area contributed by atoms with Crippen LogP contribution in [0.5, 0.6) is 0 Å². The number of carboxylic acid groups (broad SMARTS) is 1. The van der Waals surface area contributed by atoms with Crippen molar-refractivity contribution in [1.29, 1.82) is 0 Å². The van der Waals surface area contributed by atoms with Crippen molar-refractivity contribution in [3.8, 4) is 0 Å². The van der Waals surface area contributed by atoms with Crippen molar-refractivity contribution in [3.05, 3.63) is 0 Å². The molecule has 5 nitrogen and oxygen atoms in total. The topological polar surface area (TPSA) is 83.5 Å². The Kier molecular flexibility index (Phi) is 6.79. The van der Waals surface area contributed by atoms with Gasteiger partial charge in [0.25, 0.3) is 0 Å². The van der Waals surface area contributed by atoms with Gasteiger partial charge in [-0.3, -0.25) is 4.79 Å². The summed E-state index contributed by atoms with van der Waals surface area (Å²) in [6, 6.07) is 0.0444. The van der Waals surface area contributed by atoms with E-state index in [1.807, 2.05) is 0 Å². The fraction of sp³-hybridized carbons (Fsp3) is 0.923. The van der Waals surface area contributed by atoms with E-state index in [9.17, 15) is 13.2 Å². The van der Waals surface area contributed by atoms with E-state index in [-0.39, 0.29) is 24.6 Å². The molecule has 0 radical (unpaired) electrons. The molecule has 1 rings (SSSR count). The third-order valence-corrected chi connectivity index (χ3v) is 5.21. The lowest BCUT2D eigenvalue weighted by atomic mass is 9.84. The number of hydrogen-bond acceptors (Lipinski definition) is 3. The largest absolute Gasteiger partial charge is 0.481 e. The molecule has 2 N–H and O–H groups in total. The summed E-state index contributed by atoms with van der Waals surface area (Å²) in [5.41, 5.74) is 0. The van der Waals surface area contributed by atoms with Crippen LogP contribution in [-0.4, -0.2) is 31.3 Å². The predicted octanol–water partition coefficient (Wildman–Crippen LogP) is 2.13. The molecule has 0 unspecified atom stereocenters. The van der Waals surface area contributed by atoms with E-state index in [1.165, 1.54) is 12.8 Å². The van der Waals surface area contributed by atoms with Gasteiger partial charge in [-0.1, -0.05) is 19.8 Å². The van der Waals surface area contributed by atoms with Gasteiger partial charge in [-0.05, 0) is 38.0 Å². The normalized spacial score (nSPS) is 24.3. The lowest BCUT2D eigenvalue weighted by Crippen LogP contribution is -2.38. The standard InChI is InChI=1S/C13H25NO4S/c1-2-4-11-6-8-12(9-7-11)14-19(17,18)10-3-5-13(15)16/h11-12,14H,2-10H2,1H3,(H,15,16). The van der Waals surface area contributed by atoms with Crippen molar-refractivity contribution in [2.75, 3.05) is 5.75 Å². The maximum Gasteiger partial charge on any atom is 0.303 e. The number of aliphatic carboxylic acids is 1. The Morgan fingerprint density at radius 1 is 1.26 bits per heavy atom. The van der Waals surface area contributed by atoms with Gasteiger partial charge in [0.15, 0.2) is 0 Å². The molecule has 0 aromatic heterocycles. The van der Waals surface area contributed by atoms with Gasteiger partial charge in [0.05, 0.1) is 5.75 Å². The molecule has 1 saturated carbocycles. The van der Waals surface area contributed by atoms with Crippen molar-refractivity contribution >= 4 is 16.0 Å². The maximum absolute atomic E-state index is 11.8. The first-order valence-corrected chi connectivity index (χ1v) is 8.80. The summed E-state index contributed by atoms with van der Waals surface area (Å²) >= 11 is 0. The summed E-state index contributed by atoms with van der Waals surface area (Å²) in [7, 11) is -3.32. The van der Waals surface area contributed by atoms with E-state index >= 15 is 0 Å². The highest BCUT2D eigenvalue weighted by molar-refractivity contribution is 7.89. The van der Waals surface area contributed by atoms with Crippen LogP contribution >= 0.6 is 0 Å². The minimum atomic E-state index is -3.32. The summed E-state index contributed by atoms with van der Waals surface area (Å²) in [5, 5.41) is 8.50. The Morgan fingerprint density at radius 2 is 1.89 bits per heavy atom. The highest BCUT2D eigenvalue weighted by atomic mass is 32.2. The fourth-order valence-corrected chi connectivity index (χ4v) is 4.09. The number of carbonyl (C=O) groups is 1. The highest BCUT2D eigenvalue weighted by Gasteiger charge is 2.24. The van der Waals surface area contributed by atoms with Crippen molar-refractivity contribution in [2.45, 2.75) is 64.3 Å². The molecule has 0 atom stereocenters. The van der Waals surface area contributed by atoms with Gasteiger partial charge in [-0.15, -0.1) is 0 Å². The van der Waals surface area contributed by atoms with E-state index in [2.05, 4.69) is 11.6 Å². The Hall–Kier alpha value is -0.620. The first-order valence-electron chi connectivity index (χ1n) is 7.14. The molecule has 0 aliphatic heterocycles. The first kappa shape index (κ1) is 16.4. The number of hydrogen-bond donors (Lipinski definition) is 2. The second kappa shape index (κ2) is 7.85. The van der Waals surface area contributed by atoms with Crippen molar-refractivity contribution in [2.24, 2.45) is 5.92 Å². The van der Waals surface area contributed by atoms with Gasteiger partial charge in [0, 0.05) is 12.5 Å². The zero-order valence-corrected chi connectivity index (χ0v) is 12.4. The lowest BCUT2D eigenvalue weighted by Gasteiger charge is -2.28. The Bertz CT molecular complexity index is 372. The number of nitrogens with one attached hydrogen (secondary N) is 1. The molecule has 0 aromatic carbocycles. The van der Waals surface area contributed by atoms with Gasteiger partial charge < -0.3 is 5.11 Å². The van der Waals surface area contributed by atoms with Gasteiger partial charge in [0.1, 0.15) is 0 Å². The van der Waals surface area contributed by atoms with E-state index in [1.54, 1.807) is 0 Å². The molecule has 1 fully saturated rings. The summed E-state index contributed by atoms with van der Waals surface area (Å²) < 4.78 is 26.3. The molecular formula is C13H25NO4S. The van der Waals surface area contributed by atoms with Gasteiger partial charge >= 0.3 is 5.97 Å². The molecule has 6 heteroatoms. The van der Waals surface area contributed by atoms with Crippen LogP contribution in [0.3, 0.4) is 0 Å². The van der Waals surface area contributed by atoms with Crippen molar-refractivity contribution in [3.63, 3.8) is 0 Å². The fourth-order valence-electron chi connectivity index (χ4n) is 2.70. The summed E-state index contributed by atoms with van der Waals surface area (Å²) in [6.07, 6.45) is 6.51. The zero-order valence-electron chi connectivity index (χ0n) is 11.6. The molecule has 0 saturated heterocycles. The lowest BCUT2D eigenvalue weighted by molar-refractivity contribution is -0.137. The minimum absolute atomic E-state index is 0.0444. The zero-order chi connectivity index (χ0) is 14.3. The summed E-state index contributed by atoms with van der Waals surface area (Å²) in [4.78, 5) is 10.4. The van der Waals surface area contributed by atoms with Crippen molar-refractivity contribution < 1.29 is 18.3 Å². The smallest absolute Gasteiger partial charge is 0.303 e. The van der Waals surface area contributed by atoms with E-state index in [4.69, 9.17) is 5.11 Å². The van der Waals surface area contributed by atoms with Crippen LogP contribution in [0, 0.1) is 5.92 Å². The Balaban J connectivity index is 2.28. The highest BCUT2D eigenvalue weighted by Crippen LogP contribution is 2.28. The van der Waals surface area contributed by atoms with Crippen LogP contribution < -0.4 is 4.72 Å². The Morgan fingerprint density at radius 3 is 2.42 bits per heavy atom. The Labute approximate surface area is 115 Å². The quantitative estimate of drug-likeness (QED) is 0.717. The minimum Gasteiger partial charge on any atom is -0.481 e. The van der Waals surface area contributed by atoms with Gasteiger partial charge in [-0.25, -0.2) is 13.1 Å². The summed E-state index contributed by atoms with van der Waals surface area (Å²) in [5.74, 6) is -0.290. The van der Waals surface area contributed by atoms with Crippen LogP contribution in [0.15, 0.2) is 0 Å². The monoisotopic (exact) mass is 291 g/mol. The number of sulfonamides is 1. The third kappa shape index (κ3) is 6.92. The molecular weight excluding hydrogens is 266 g/mol. The predicted molar refractivity (Wildman–Crippen MR) is 74.4 cm³/mol. The van der Waals surface area contributed by atoms with E-state index in [0.29, 0.717) is 0 Å². The van der Waals surface area contributed by atoms with E-state index in [0.717, 1.165) is 31.6 Å². The molecule has 1 aliphatic carbocycles. The van der Waals surface area contributed by atoms with Crippen LogP contribution in [0.25, 0.3) is 0 Å². The molecule has 19 heavy (non-hydrogen) atoms. The van der Waals surface area contributed by atoms with Crippen molar-refractivity contribution in [1.82, 2.24) is 4.72 Å².